The summed E-state index contributed by atoms with van der Waals surface area (Å²) in [6.45, 7) is 6.60. The zero-order valence-electron chi connectivity index (χ0n) is 19.4. The largest absolute Gasteiger partial charge is 0.493 e. The molecule has 2 aromatic carbocycles. The third-order valence-corrected chi connectivity index (χ3v) is 5.57. The van der Waals surface area contributed by atoms with Gasteiger partial charge in [-0.05, 0) is 55.7 Å². The molecule has 8 nitrogen and oxygen atoms in total. The Kier molecular flexibility index (Phi) is 6.63. The quantitative estimate of drug-likeness (QED) is 0.487. The maximum absolute atomic E-state index is 13.5. The highest BCUT2D eigenvalue weighted by Crippen LogP contribution is 2.38. The summed E-state index contributed by atoms with van der Waals surface area (Å²) in [5.74, 6) is 1.65. The van der Waals surface area contributed by atoms with Crippen molar-refractivity contribution in [3.05, 3.63) is 71.2 Å². The molecule has 1 aromatic heterocycles. The second-order valence-electron chi connectivity index (χ2n) is 8.03. The first-order chi connectivity index (χ1) is 16.0. The van der Waals surface area contributed by atoms with E-state index in [2.05, 4.69) is 27.6 Å². The summed E-state index contributed by atoms with van der Waals surface area (Å²) in [6.07, 6.45) is 3.49. The van der Waals surface area contributed by atoms with Gasteiger partial charge in [-0.25, -0.2) is 4.68 Å². The maximum atomic E-state index is 13.5. The molecule has 1 aliphatic rings. The zero-order chi connectivity index (χ0) is 23.4. The molecule has 2 N–H and O–H groups in total. The Balaban J connectivity index is 1.71. The number of carbonyl (C=O) groups is 1. The van der Waals surface area contributed by atoms with Gasteiger partial charge in [0.2, 0.25) is 5.95 Å². The second-order valence-corrected chi connectivity index (χ2v) is 8.03. The third kappa shape index (κ3) is 4.69. The molecule has 3 aromatic rings. The van der Waals surface area contributed by atoms with Crippen LogP contribution in [-0.2, 0) is 4.79 Å². The molecule has 0 aliphatic carbocycles. The first-order valence-electron chi connectivity index (χ1n) is 11.1. The van der Waals surface area contributed by atoms with Gasteiger partial charge in [-0.3, -0.25) is 4.79 Å². The number of hydrogen-bond donors (Lipinski definition) is 2. The first-order valence-corrected chi connectivity index (χ1v) is 11.1. The molecular weight excluding hydrogens is 418 g/mol. The number of rotatable bonds is 8. The Labute approximate surface area is 193 Å². The van der Waals surface area contributed by atoms with Crippen LogP contribution in [0, 0.1) is 6.92 Å². The summed E-state index contributed by atoms with van der Waals surface area (Å²) in [5.41, 5.74) is 3.92. The van der Waals surface area contributed by atoms with Gasteiger partial charge in [-0.15, -0.1) is 0 Å². The average Bonchev–Trinajstić information content (AvgIpc) is 3.26. The molecule has 1 atom stereocenters. The molecule has 172 valence electrons. The number of aryl methyl sites for hydroxylation is 1. The lowest BCUT2D eigenvalue weighted by Crippen LogP contribution is -2.31. The maximum Gasteiger partial charge on any atom is 0.255 e. The van der Waals surface area contributed by atoms with Gasteiger partial charge < -0.3 is 20.1 Å². The van der Waals surface area contributed by atoms with Crippen molar-refractivity contribution < 1.29 is 14.3 Å². The lowest BCUT2D eigenvalue weighted by Gasteiger charge is -2.29. The number of unbranched alkanes of at least 4 members (excludes halogenated alkanes) is 1. The van der Waals surface area contributed by atoms with Crippen LogP contribution in [0.1, 0.15) is 43.9 Å². The van der Waals surface area contributed by atoms with Crippen LogP contribution in [0.5, 0.6) is 11.5 Å². The molecular formula is C25H29N5O3. The molecule has 2 heterocycles. The van der Waals surface area contributed by atoms with E-state index in [-0.39, 0.29) is 5.91 Å². The van der Waals surface area contributed by atoms with E-state index in [4.69, 9.17) is 9.47 Å². The summed E-state index contributed by atoms with van der Waals surface area (Å²) in [5, 5.41) is 10.6. The molecule has 0 saturated carbocycles. The van der Waals surface area contributed by atoms with E-state index in [0.717, 1.165) is 29.7 Å². The number of methoxy groups -OCH3 is 1. The van der Waals surface area contributed by atoms with Crippen molar-refractivity contribution in [2.24, 2.45) is 0 Å². The summed E-state index contributed by atoms with van der Waals surface area (Å²) >= 11 is 0. The third-order valence-electron chi connectivity index (χ3n) is 5.57. The number of nitrogens with zero attached hydrogens (tertiary/aromatic N) is 3. The van der Waals surface area contributed by atoms with Crippen LogP contribution in [-0.4, -0.2) is 34.4 Å². The Hall–Kier alpha value is -3.81. The van der Waals surface area contributed by atoms with Crippen molar-refractivity contribution in [3.63, 3.8) is 0 Å². The van der Waals surface area contributed by atoms with Gasteiger partial charge in [0.25, 0.3) is 5.91 Å². The van der Waals surface area contributed by atoms with Crippen LogP contribution < -0.4 is 20.1 Å². The Bertz CT molecular complexity index is 1180. The zero-order valence-corrected chi connectivity index (χ0v) is 19.4. The Morgan fingerprint density at radius 2 is 2.03 bits per heavy atom. The van der Waals surface area contributed by atoms with E-state index in [1.807, 2.05) is 56.3 Å². The van der Waals surface area contributed by atoms with Crippen molar-refractivity contribution in [3.8, 4) is 11.5 Å². The van der Waals surface area contributed by atoms with Crippen LogP contribution in [0.15, 0.2) is 60.1 Å². The van der Waals surface area contributed by atoms with Crippen LogP contribution in [0.25, 0.3) is 0 Å². The van der Waals surface area contributed by atoms with Gasteiger partial charge in [0.15, 0.2) is 11.5 Å². The SMILES string of the molecule is CCCCOc1ccc(C2C(C(=O)Nc3cccc(C)c3)=C(C)Nc3ncnn32)cc1OC. The molecule has 8 heteroatoms. The highest BCUT2D eigenvalue weighted by molar-refractivity contribution is 6.06. The van der Waals surface area contributed by atoms with Gasteiger partial charge in [-0.1, -0.05) is 31.5 Å². The van der Waals surface area contributed by atoms with Crippen LogP contribution >= 0.6 is 0 Å². The van der Waals surface area contributed by atoms with Crippen molar-refractivity contribution in [2.45, 2.75) is 39.7 Å². The number of fused-ring (bicyclic) bond motifs is 1. The number of aromatic nitrogens is 3. The number of allylic oxidation sites excluding steroid dienone is 1. The van der Waals surface area contributed by atoms with Gasteiger partial charge in [-0.2, -0.15) is 10.1 Å². The molecule has 1 amide bonds. The fourth-order valence-corrected chi connectivity index (χ4v) is 3.91. The predicted octanol–water partition coefficient (Wildman–Crippen LogP) is 4.70. The van der Waals surface area contributed by atoms with Crippen LogP contribution in [0.2, 0.25) is 0 Å². The number of amides is 1. The van der Waals surface area contributed by atoms with Gasteiger partial charge >= 0.3 is 0 Å². The number of hydrogen-bond acceptors (Lipinski definition) is 6. The molecule has 0 bridgehead atoms. The summed E-state index contributed by atoms with van der Waals surface area (Å²) in [7, 11) is 1.61. The highest BCUT2D eigenvalue weighted by atomic mass is 16.5. The average molecular weight is 448 g/mol. The number of carbonyl (C=O) groups excluding carboxylic acids is 1. The Morgan fingerprint density at radius 1 is 1.18 bits per heavy atom. The molecule has 4 rings (SSSR count). The van der Waals surface area contributed by atoms with E-state index in [9.17, 15) is 4.79 Å². The van der Waals surface area contributed by atoms with Crippen LogP contribution in [0.4, 0.5) is 11.6 Å². The normalized spacial score (nSPS) is 15.0. The van der Waals surface area contributed by atoms with E-state index in [1.54, 1.807) is 11.8 Å². The minimum Gasteiger partial charge on any atom is -0.493 e. The molecule has 0 fully saturated rings. The van der Waals surface area contributed by atoms with E-state index < -0.39 is 6.04 Å². The van der Waals surface area contributed by atoms with Gasteiger partial charge in [0, 0.05) is 11.4 Å². The minimum atomic E-state index is -0.479. The second kappa shape index (κ2) is 9.77. The van der Waals surface area contributed by atoms with Gasteiger partial charge in [0.1, 0.15) is 12.4 Å². The molecule has 1 aliphatic heterocycles. The lowest BCUT2D eigenvalue weighted by atomic mass is 9.94. The number of benzene rings is 2. The molecule has 0 saturated heterocycles. The van der Waals surface area contributed by atoms with Gasteiger partial charge in [0.05, 0.1) is 19.3 Å². The molecule has 0 spiro atoms. The van der Waals surface area contributed by atoms with Crippen molar-refractivity contribution in [1.29, 1.82) is 0 Å². The minimum absolute atomic E-state index is 0.209. The fraction of sp³-hybridized carbons (Fsp3) is 0.320. The Morgan fingerprint density at radius 3 is 2.79 bits per heavy atom. The fourth-order valence-electron chi connectivity index (χ4n) is 3.91. The number of ether oxygens (including phenoxy) is 2. The highest BCUT2D eigenvalue weighted by Gasteiger charge is 2.34. The van der Waals surface area contributed by atoms with E-state index in [0.29, 0.717) is 35.3 Å². The van der Waals surface area contributed by atoms with Crippen molar-refractivity contribution in [2.75, 3.05) is 24.4 Å². The van der Waals surface area contributed by atoms with Crippen LogP contribution in [0.3, 0.4) is 0 Å². The van der Waals surface area contributed by atoms with E-state index >= 15 is 0 Å². The molecule has 33 heavy (non-hydrogen) atoms. The standard InChI is InChI=1S/C25H29N5O3/c1-5-6-12-33-20-11-10-18(14-21(20)32-4)23-22(17(3)28-25-26-15-27-30(23)25)24(31)29-19-9-7-8-16(2)13-19/h7-11,13-15,23H,5-6,12H2,1-4H3,(H,29,31)(H,26,27,28). The van der Waals surface area contributed by atoms with Crippen molar-refractivity contribution in [1.82, 2.24) is 14.8 Å². The molecule has 0 radical (unpaired) electrons. The molecule has 1 unspecified atom stereocenters. The van der Waals surface area contributed by atoms with Crippen molar-refractivity contribution >= 4 is 17.5 Å². The smallest absolute Gasteiger partial charge is 0.255 e. The lowest BCUT2D eigenvalue weighted by molar-refractivity contribution is -0.113. The first kappa shape index (κ1) is 22.4. The topological polar surface area (TPSA) is 90.3 Å². The number of anilines is 2. The number of nitrogens with one attached hydrogen (secondary N) is 2. The monoisotopic (exact) mass is 447 g/mol. The predicted molar refractivity (Wildman–Crippen MR) is 128 cm³/mol. The summed E-state index contributed by atoms with van der Waals surface area (Å²) < 4.78 is 13.2. The van der Waals surface area contributed by atoms with E-state index in [1.165, 1.54) is 6.33 Å². The summed E-state index contributed by atoms with van der Waals surface area (Å²) in [6, 6.07) is 13.0. The summed E-state index contributed by atoms with van der Waals surface area (Å²) in [4.78, 5) is 17.8.